The molecule has 2 unspecified atom stereocenters. The van der Waals surface area contributed by atoms with Crippen LogP contribution < -0.4 is 11.1 Å². The molecule has 1 amide bonds. The summed E-state index contributed by atoms with van der Waals surface area (Å²) in [4.78, 5) is 16.3. The highest BCUT2D eigenvalue weighted by Crippen LogP contribution is 2.24. The number of hydrogen-bond acceptors (Lipinski definition) is 5. The van der Waals surface area contributed by atoms with Crippen molar-refractivity contribution in [3.8, 4) is 11.4 Å². The topological polar surface area (TPSA) is 94.0 Å². The van der Waals surface area contributed by atoms with Crippen molar-refractivity contribution >= 4 is 5.91 Å². The van der Waals surface area contributed by atoms with Gasteiger partial charge in [0, 0.05) is 24.4 Å². The van der Waals surface area contributed by atoms with E-state index in [1.807, 2.05) is 0 Å². The van der Waals surface area contributed by atoms with Crippen LogP contribution in [0.25, 0.3) is 11.4 Å². The summed E-state index contributed by atoms with van der Waals surface area (Å²) < 4.78 is 18.8. The molecule has 0 saturated heterocycles. The van der Waals surface area contributed by atoms with Gasteiger partial charge in [0.25, 0.3) is 0 Å². The molecule has 1 aliphatic rings. The number of rotatable bonds is 6. The van der Waals surface area contributed by atoms with Crippen molar-refractivity contribution in [1.29, 1.82) is 0 Å². The summed E-state index contributed by atoms with van der Waals surface area (Å²) in [5, 5.41) is 6.91. The normalized spacial score (nSPS) is 20.0. The Balaban J connectivity index is 1.54. The fourth-order valence-electron chi connectivity index (χ4n) is 3.21. The number of nitrogens with one attached hydrogen (secondary N) is 1. The van der Waals surface area contributed by atoms with E-state index in [1.54, 1.807) is 19.1 Å². The molecular weight excluding hydrogens is 323 g/mol. The van der Waals surface area contributed by atoms with Gasteiger partial charge in [0.05, 0.1) is 0 Å². The maximum atomic E-state index is 13.6. The molecule has 0 spiro atoms. The summed E-state index contributed by atoms with van der Waals surface area (Å²) in [5.41, 5.74) is 6.85. The quantitative estimate of drug-likeness (QED) is 0.837. The van der Waals surface area contributed by atoms with Crippen LogP contribution in [0.4, 0.5) is 4.39 Å². The second-order valence-electron chi connectivity index (χ2n) is 6.58. The highest BCUT2D eigenvalue weighted by molar-refractivity contribution is 5.76. The number of nitrogens with zero attached hydrogens (tertiary/aromatic N) is 2. The number of benzene rings is 1. The van der Waals surface area contributed by atoms with Gasteiger partial charge in [-0.15, -0.1) is 0 Å². The van der Waals surface area contributed by atoms with Crippen LogP contribution in [0.15, 0.2) is 22.7 Å². The van der Waals surface area contributed by atoms with Crippen molar-refractivity contribution in [1.82, 2.24) is 15.5 Å². The molecule has 7 heteroatoms. The van der Waals surface area contributed by atoms with Gasteiger partial charge in [-0.25, -0.2) is 4.39 Å². The van der Waals surface area contributed by atoms with Crippen LogP contribution >= 0.6 is 0 Å². The van der Waals surface area contributed by atoms with Gasteiger partial charge in [-0.3, -0.25) is 4.79 Å². The molecule has 1 aromatic heterocycles. The van der Waals surface area contributed by atoms with Gasteiger partial charge in [-0.05, 0) is 43.9 Å². The average Bonchev–Trinajstić information content (AvgIpc) is 3.24. The summed E-state index contributed by atoms with van der Waals surface area (Å²) in [5.74, 6) is 0.720. The van der Waals surface area contributed by atoms with Crippen molar-refractivity contribution < 1.29 is 13.7 Å². The Kier molecular flexibility index (Phi) is 5.43. The van der Waals surface area contributed by atoms with E-state index in [1.165, 1.54) is 6.07 Å². The lowest BCUT2D eigenvalue weighted by Gasteiger charge is -2.19. The lowest BCUT2D eigenvalue weighted by molar-refractivity contribution is -0.122. The summed E-state index contributed by atoms with van der Waals surface area (Å²) >= 11 is 0. The van der Waals surface area contributed by atoms with Crippen LogP contribution in [0.1, 0.15) is 37.1 Å². The van der Waals surface area contributed by atoms with E-state index in [4.69, 9.17) is 10.3 Å². The Bertz CT molecular complexity index is 746. The minimum Gasteiger partial charge on any atom is -0.353 e. The van der Waals surface area contributed by atoms with Crippen molar-refractivity contribution in [2.45, 2.75) is 45.1 Å². The van der Waals surface area contributed by atoms with Crippen molar-refractivity contribution in [3.63, 3.8) is 0 Å². The van der Waals surface area contributed by atoms with Crippen LogP contribution in [0.2, 0.25) is 0 Å². The van der Waals surface area contributed by atoms with Crippen LogP contribution in [0.5, 0.6) is 0 Å². The second kappa shape index (κ2) is 7.74. The second-order valence-corrected chi connectivity index (χ2v) is 6.58. The molecule has 25 heavy (non-hydrogen) atoms. The molecule has 0 radical (unpaired) electrons. The van der Waals surface area contributed by atoms with Crippen molar-refractivity contribution in [2.75, 3.05) is 6.54 Å². The molecule has 0 aliphatic heterocycles. The molecule has 1 aliphatic carbocycles. The molecule has 1 fully saturated rings. The maximum absolute atomic E-state index is 13.6. The first kappa shape index (κ1) is 17.5. The maximum Gasteiger partial charge on any atom is 0.227 e. The molecule has 2 atom stereocenters. The number of carbonyl (C=O) groups is 1. The number of carbonyl (C=O) groups excluding carboxylic acids is 1. The largest absolute Gasteiger partial charge is 0.353 e. The van der Waals surface area contributed by atoms with Crippen LogP contribution in [-0.2, 0) is 11.2 Å². The highest BCUT2D eigenvalue weighted by atomic mass is 19.1. The molecule has 6 nitrogen and oxygen atoms in total. The van der Waals surface area contributed by atoms with Gasteiger partial charge >= 0.3 is 0 Å². The number of aromatic nitrogens is 2. The van der Waals surface area contributed by atoms with Gasteiger partial charge in [0.2, 0.25) is 17.6 Å². The molecule has 3 rings (SSSR count). The SMILES string of the molecule is Cc1ccc(-c2noc(CCC(=O)NC3CCCC3CN)n2)cc1F. The molecule has 1 heterocycles. The van der Waals surface area contributed by atoms with Gasteiger partial charge in [0.15, 0.2) is 0 Å². The lowest BCUT2D eigenvalue weighted by atomic mass is 10.0. The molecule has 1 aromatic carbocycles. The van der Waals surface area contributed by atoms with Crippen LogP contribution in [0, 0.1) is 18.7 Å². The zero-order valence-corrected chi connectivity index (χ0v) is 14.3. The fourth-order valence-corrected chi connectivity index (χ4v) is 3.21. The van der Waals surface area contributed by atoms with Gasteiger partial charge in [-0.2, -0.15) is 4.98 Å². The molecule has 2 aromatic rings. The summed E-state index contributed by atoms with van der Waals surface area (Å²) in [6.45, 7) is 2.30. The zero-order valence-electron chi connectivity index (χ0n) is 14.3. The van der Waals surface area contributed by atoms with E-state index in [0.29, 0.717) is 41.7 Å². The third-order valence-electron chi connectivity index (χ3n) is 4.77. The van der Waals surface area contributed by atoms with E-state index >= 15 is 0 Å². The number of hydrogen-bond donors (Lipinski definition) is 2. The minimum atomic E-state index is -0.311. The summed E-state index contributed by atoms with van der Waals surface area (Å²) in [6, 6.07) is 4.96. The smallest absolute Gasteiger partial charge is 0.227 e. The number of nitrogens with two attached hydrogens (primary N) is 1. The lowest BCUT2D eigenvalue weighted by Crippen LogP contribution is -2.39. The number of halogens is 1. The van der Waals surface area contributed by atoms with Gasteiger partial charge in [0.1, 0.15) is 5.82 Å². The summed E-state index contributed by atoms with van der Waals surface area (Å²) in [6.07, 6.45) is 3.79. The Hall–Kier alpha value is -2.28. The molecule has 134 valence electrons. The molecular formula is C18H23FN4O2. The Morgan fingerprint density at radius 2 is 2.28 bits per heavy atom. The predicted octanol–water partition coefficient (Wildman–Crippen LogP) is 2.36. The van der Waals surface area contributed by atoms with E-state index in [9.17, 15) is 9.18 Å². The monoisotopic (exact) mass is 346 g/mol. The third kappa shape index (κ3) is 4.22. The van der Waals surface area contributed by atoms with Crippen LogP contribution in [0.3, 0.4) is 0 Å². The van der Waals surface area contributed by atoms with E-state index in [-0.39, 0.29) is 24.2 Å². The Labute approximate surface area is 146 Å². The van der Waals surface area contributed by atoms with Crippen molar-refractivity contribution in [2.24, 2.45) is 11.7 Å². The average molecular weight is 346 g/mol. The minimum absolute atomic E-state index is 0.0357. The Morgan fingerprint density at radius 1 is 1.44 bits per heavy atom. The standard InChI is InChI=1S/C18H23FN4O2/c1-11-5-6-12(9-14(11)19)18-22-17(25-23-18)8-7-16(24)21-15-4-2-3-13(15)10-20/h5-6,9,13,15H,2-4,7-8,10,20H2,1H3,(H,21,24). The van der Waals surface area contributed by atoms with Crippen molar-refractivity contribution in [3.05, 3.63) is 35.5 Å². The highest BCUT2D eigenvalue weighted by Gasteiger charge is 2.27. The number of amides is 1. The fraction of sp³-hybridized carbons (Fsp3) is 0.500. The van der Waals surface area contributed by atoms with E-state index in [2.05, 4.69) is 15.5 Å². The first-order chi connectivity index (χ1) is 12.1. The first-order valence-electron chi connectivity index (χ1n) is 8.65. The number of aryl methyl sites for hydroxylation is 2. The molecule has 1 saturated carbocycles. The predicted molar refractivity (Wildman–Crippen MR) is 91.1 cm³/mol. The van der Waals surface area contributed by atoms with Gasteiger partial charge < -0.3 is 15.6 Å². The molecule has 3 N–H and O–H groups in total. The third-order valence-corrected chi connectivity index (χ3v) is 4.77. The zero-order chi connectivity index (χ0) is 17.8. The summed E-state index contributed by atoms with van der Waals surface area (Å²) in [7, 11) is 0. The van der Waals surface area contributed by atoms with E-state index in [0.717, 1.165) is 19.3 Å². The first-order valence-corrected chi connectivity index (χ1v) is 8.65. The molecule has 0 bridgehead atoms. The van der Waals surface area contributed by atoms with Gasteiger partial charge in [-0.1, -0.05) is 23.7 Å². The van der Waals surface area contributed by atoms with E-state index < -0.39 is 0 Å². The Morgan fingerprint density at radius 3 is 3.04 bits per heavy atom. The van der Waals surface area contributed by atoms with Crippen LogP contribution in [-0.4, -0.2) is 28.6 Å².